The number of alkyl halides is 3. The molecule has 0 fully saturated rings. The first-order valence-electron chi connectivity index (χ1n) is 5.33. The first-order chi connectivity index (χ1) is 9.36. The average Bonchev–Trinajstić information content (AvgIpc) is 2.38. The quantitative estimate of drug-likeness (QED) is 0.847. The van der Waals surface area contributed by atoms with E-state index < -0.39 is 17.8 Å². The molecule has 2 aromatic heterocycles. The topological polar surface area (TPSA) is 54.9 Å². The fourth-order valence-corrected chi connectivity index (χ4v) is 1.71. The molecule has 0 aliphatic rings. The molecule has 2 heterocycles. The lowest BCUT2D eigenvalue weighted by atomic mass is 10.3. The van der Waals surface area contributed by atoms with Crippen molar-refractivity contribution in [2.45, 2.75) is 6.18 Å². The minimum Gasteiger partial charge on any atom is -0.319 e. The predicted octanol–water partition coefficient (Wildman–Crippen LogP) is 3.51. The monoisotopic (exact) mass is 345 g/mol. The highest BCUT2D eigenvalue weighted by Crippen LogP contribution is 2.27. The summed E-state index contributed by atoms with van der Waals surface area (Å²) in [6, 6.07) is 6.68. The van der Waals surface area contributed by atoms with Gasteiger partial charge in [0, 0.05) is 0 Å². The number of nitrogens with zero attached hydrogens (tertiary/aromatic N) is 2. The molecule has 0 radical (unpaired) electrons. The van der Waals surface area contributed by atoms with Crippen LogP contribution in [0.25, 0.3) is 0 Å². The van der Waals surface area contributed by atoms with E-state index >= 15 is 0 Å². The first kappa shape index (κ1) is 14.4. The van der Waals surface area contributed by atoms with Gasteiger partial charge in [0.1, 0.15) is 16.0 Å². The molecule has 0 saturated heterocycles. The number of carbonyl (C=O) groups excluding carboxylic acids is 1. The number of halogens is 4. The van der Waals surface area contributed by atoms with Crippen LogP contribution in [0.1, 0.15) is 16.2 Å². The number of aromatic nitrogens is 2. The SMILES string of the molecule is O=C(Nc1ccc(C(F)(F)F)nc1)c1cccc(Br)n1. The maximum absolute atomic E-state index is 12.3. The molecule has 104 valence electrons. The largest absolute Gasteiger partial charge is 0.433 e. The van der Waals surface area contributed by atoms with E-state index in [0.29, 0.717) is 4.60 Å². The van der Waals surface area contributed by atoms with Crippen molar-refractivity contribution in [1.82, 2.24) is 9.97 Å². The predicted molar refractivity (Wildman–Crippen MR) is 69.1 cm³/mol. The van der Waals surface area contributed by atoms with Gasteiger partial charge in [-0.2, -0.15) is 13.2 Å². The number of carbonyl (C=O) groups is 1. The Morgan fingerprint density at radius 1 is 1.20 bits per heavy atom. The van der Waals surface area contributed by atoms with E-state index in [1.54, 1.807) is 12.1 Å². The molecule has 0 atom stereocenters. The van der Waals surface area contributed by atoms with Crippen LogP contribution < -0.4 is 5.32 Å². The summed E-state index contributed by atoms with van der Waals surface area (Å²) in [7, 11) is 0. The second-order valence-corrected chi connectivity index (χ2v) is 4.54. The van der Waals surface area contributed by atoms with Crippen LogP contribution in [0.3, 0.4) is 0 Å². The lowest BCUT2D eigenvalue weighted by molar-refractivity contribution is -0.141. The van der Waals surface area contributed by atoms with Gasteiger partial charge in [0.2, 0.25) is 0 Å². The van der Waals surface area contributed by atoms with Crippen LogP contribution in [-0.4, -0.2) is 15.9 Å². The summed E-state index contributed by atoms with van der Waals surface area (Å²) in [5.41, 5.74) is -0.722. The minimum absolute atomic E-state index is 0.138. The third-order valence-electron chi connectivity index (χ3n) is 2.26. The van der Waals surface area contributed by atoms with Crippen LogP contribution in [-0.2, 0) is 6.18 Å². The van der Waals surface area contributed by atoms with Gasteiger partial charge in [-0.1, -0.05) is 6.07 Å². The van der Waals surface area contributed by atoms with Gasteiger partial charge in [-0.3, -0.25) is 4.79 Å². The van der Waals surface area contributed by atoms with Gasteiger partial charge < -0.3 is 5.32 Å². The molecule has 2 aromatic rings. The molecule has 0 unspecified atom stereocenters. The molecule has 0 saturated carbocycles. The van der Waals surface area contributed by atoms with Crippen molar-refractivity contribution in [2.24, 2.45) is 0 Å². The Kier molecular flexibility index (Phi) is 4.03. The van der Waals surface area contributed by atoms with Crippen molar-refractivity contribution in [3.05, 3.63) is 52.5 Å². The zero-order valence-corrected chi connectivity index (χ0v) is 11.4. The van der Waals surface area contributed by atoms with Crippen LogP contribution in [0.2, 0.25) is 0 Å². The zero-order valence-electron chi connectivity index (χ0n) is 9.78. The minimum atomic E-state index is -4.51. The molecule has 20 heavy (non-hydrogen) atoms. The molecule has 2 rings (SSSR count). The number of rotatable bonds is 2. The Morgan fingerprint density at radius 2 is 1.95 bits per heavy atom. The van der Waals surface area contributed by atoms with Gasteiger partial charge in [-0.25, -0.2) is 9.97 Å². The van der Waals surface area contributed by atoms with Gasteiger partial charge in [0.05, 0.1) is 11.9 Å². The Labute approximate surface area is 120 Å². The van der Waals surface area contributed by atoms with Crippen molar-refractivity contribution >= 4 is 27.5 Å². The number of amides is 1. The van der Waals surface area contributed by atoms with Crippen LogP contribution in [0.4, 0.5) is 18.9 Å². The summed E-state index contributed by atoms with van der Waals surface area (Å²) in [4.78, 5) is 19.0. The highest BCUT2D eigenvalue weighted by molar-refractivity contribution is 9.10. The maximum atomic E-state index is 12.3. The van der Waals surface area contributed by atoms with Gasteiger partial charge in [-0.15, -0.1) is 0 Å². The van der Waals surface area contributed by atoms with E-state index in [9.17, 15) is 18.0 Å². The molecular formula is C12H7BrF3N3O. The lowest BCUT2D eigenvalue weighted by Gasteiger charge is -2.07. The standard InChI is InChI=1S/C12H7BrF3N3O/c13-10-3-1-2-8(19-10)11(20)18-7-4-5-9(17-6-7)12(14,15)16/h1-6H,(H,18,20). The molecular weight excluding hydrogens is 339 g/mol. The van der Waals surface area contributed by atoms with Crippen molar-refractivity contribution in [2.75, 3.05) is 5.32 Å². The van der Waals surface area contributed by atoms with E-state index in [0.717, 1.165) is 18.3 Å². The third kappa shape index (κ3) is 3.53. The Morgan fingerprint density at radius 3 is 2.50 bits per heavy atom. The molecule has 0 aliphatic heterocycles. The summed E-state index contributed by atoms with van der Waals surface area (Å²) in [6.45, 7) is 0. The number of anilines is 1. The lowest BCUT2D eigenvalue weighted by Crippen LogP contribution is -2.14. The van der Waals surface area contributed by atoms with Crippen LogP contribution >= 0.6 is 15.9 Å². The number of hydrogen-bond acceptors (Lipinski definition) is 3. The van der Waals surface area contributed by atoms with Crippen LogP contribution in [0.5, 0.6) is 0 Å². The molecule has 1 amide bonds. The normalized spacial score (nSPS) is 11.2. The van der Waals surface area contributed by atoms with Gasteiger partial charge >= 0.3 is 6.18 Å². The Bertz CT molecular complexity index is 629. The van der Waals surface area contributed by atoms with E-state index in [4.69, 9.17) is 0 Å². The van der Waals surface area contributed by atoms with Gasteiger partial charge in [-0.05, 0) is 40.2 Å². The summed E-state index contributed by atoms with van der Waals surface area (Å²) in [5.74, 6) is -0.534. The van der Waals surface area contributed by atoms with Crippen molar-refractivity contribution < 1.29 is 18.0 Å². The number of hydrogen-bond donors (Lipinski definition) is 1. The van der Waals surface area contributed by atoms with E-state index in [1.807, 2.05) is 0 Å². The van der Waals surface area contributed by atoms with Gasteiger partial charge in [0.15, 0.2) is 0 Å². The molecule has 4 nitrogen and oxygen atoms in total. The van der Waals surface area contributed by atoms with Crippen LogP contribution in [0, 0.1) is 0 Å². The highest BCUT2D eigenvalue weighted by Gasteiger charge is 2.32. The summed E-state index contributed by atoms with van der Waals surface area (Å²) in [5, 5.41) is 2.41. The Hall–Kier alpha value is -1.96. The second-order valence-electron chi connectivity index (χ2n) is 3.73. The molecule has 0 aromatic carbocycles. The zero-order chi connectivity index (χ0) is 14.8. The van der Waals surface area contributed by atoms with E-state index in [1.165, 1.54) is 6.07 Å². The maximum Gasteiger partial charge on any atom is 0.433 e. The summed E-state index contributed by atoms with van der Waals surface area (Å²) in [6.07, 6.45) is -3.56. The second kappa shape index (κ2) is 5.58. The van der Waals surface area contributed by atoms with Crippen molar-refractivity contribution in [3.8, 4) is 0 Å². The molecule has 0 aliphatic carbocycles. The van der Waals surface area contributed by atoms with Gasteiger partial charge in [0.25, 0.3) is 5.91 Å². The smallest absolute Gasteiger partial charge is 0.319 e. The summed E-state index contributed by atoms with van der Waals surface area (Å²) < 4.78 is 37.5. The van der Waals surface area contributed by atoms with Crippen LogP contribution in [0.15, 0.2) is 41.1 Å². The van der Waals surface area contributed by atoms with E-state index in [-0.39, 0.29) is 11.4 Å². The number of nitrogens with one attached hydrogen (secondary N) is 1. The summed E-state index contributed by atoms with van der Waals surface area (Å²) >= 11 is 3.12. The molecule has 8 heteroatoms. The Balaban J connectivity index is 2.12. The van der Waals surface area contributed by atoms with E-state index in [2.05, 4.69) is 31.2 Å². The fraction of sp³-hybridized carbons (Fsp3) is 0.0833. The molecule has 0 bridgehead atoms. The number of pyridine rings is 2. The first-order valence-corrected chi connectivity index (χ1v) is 6.13. The van der Waals surface area contributed by atoms with Crippen molar-refractivity contribution in [3.63, 3.8) is 0 Å². The third-order valence-corrected chi connectivity index (χ3v) is 2.70. The molecule has 0 spiro atoms. The average molecular weight is 346 g/mol. The highest BCUT2D eigenvalue weighted by atomic mass is 79.9. The van der Waals surface area contributed by atoms with Crippen molar-refractivity contribution in [1.29, 1.82) is 0 Å². The fourth-order valence-electron chi connectivity index (χ4n) is 1.37. The molecule has 1 N–H and O–H groups in total.